The van der Waals surface area contributed by atoms with Crippen LogP contribution in [0, 0.1) is 0 Å². The minimum absolute atomic E-state index is 0.132. The zero-order valence-corrected chi connectivity index (χ0v) is 16.4. The first kappa shape index (κ1) is 21.0. The topological polar surface area (TPSA) is 61.4 Å². The molecule has 1 saturated heterocycles. The first-order chi connectivity index (χ1) is 13.8. The minimum Gasteiger partial charge on any atom is -0.351 e. The normalized spacial score (nSPS) is 18.1. The average molecular weight is 407 g/mol. The fourth-order valence-corrected chi connectivity index (χ4v) is 3.48. The summed E-state index contributed by atoms with van der Waals surface area (Å²) < 4.78 is 38.6. The van der Waals surface area contributed by atoms with E-state index in [0.717, 1.165) is 37.3 Å². The number of alkyl halides is 3. The van der Waals surface area contributed by atoms with Crippen LogP contribution in [0.5, 0.6) is 0 Å². The Kier molecular flexibility index (Phi) is 6.36. The van der Waals surface area contributed by atoms with Crippen LogP contribution in [-0.4, -0.2) is 53.2 Å². The molecule has 2 aromatic rings. The second-order valence-electron chi connectivity index (χ2n) is 7.25. The number of halogens is 3. The van der Waals surface area contributed by atoms with Crippen molar-refractivity contribution >= 4 is 17.4 Å². The van der Waals surface area contributed by atoms with Gasteiger partial charge in [-0.25, -0.2) is 0 Å². The first-order valence-corrected chi connectivity index (χ1v) is 9.48. The molecule has 0 spiro atoms. The number of hydrogen-bond donors (Lipinski definition) is 1. The van der Waals surface area contributed by atoms with E-state index in [-0.39, 0.29) is 17.6 Å². The zero-order chi connectivity index (χ0) is 21.0. The molecule has 1 aromatic heterocycles. The van der Waals surface area contributed by atoms with Crippen molar-refractivity contribution in [3.63, 3.8) is 0 Å². The van der Waals surface area contributed by atoms with Gasteiger partial charge in [0.25, 0.3) is 0 Å². The Balaban J connectivity index is 1.61. The molecule has 6 nitrogen and oxygen atoms in total. The second kappa shape index (κ2) is 8.77. The third-order valence-corrected chi connectivity index (χ3v) is 5.23. The monoisotopic (exact) mass is 407 g/mol. The van der Waals surface area contributed by atoms with Crippen LogP contribution in [0.2, 0.25) is 0 Å². The maximum absolute atomic E-state index is 12.9. The van der Waals surface area contributed by atoms with Gasteiger partial charge in [0, 0.05) is 31.0 Å². The number of nitrogens with zero attached hydrogens (tertiary/aromatic N) is 4. The fraction of sp³-hybridized carbons (Fsp3) is 0.450. The number of amides is 1. The van der Waals surface area contributed by atoms with Crippen LogP contribution in [-0.2, 0) is 11.0 Å². The van der Waals surface area contributed by atoms with Gasteiger partial charge in [-0.3, -0.25) is 9.69 Å². The van der Waals surface area contributed by atoms with Crippen molar-refractivity contribution in [2.45, 2.75) is 38.0 Å². The standard InChI is InChI=1S/C20H24F3N5O/c1-14(19(29)25-16-7-3-6-15(12-16)20(21,22)23)27(2)13-17-8-5-11-28(17)18-9-4-10-24-26-18/h3-4,6-7,9-10,12,14,17H,5,8,11,13H2,1-2H3,(H,25,29). The smallest absolute Gasteiger partial charge is 0.351 e. The summed E-state index contributed by atoms with van der Waals surface area (Å²) in [5, 5.41) is 10.7. The number of carbonyl (C=O) groups excluding carboxylic acids is 1. The summed E-state index contributed by atoms with van der Waals surface area (Å²) >= 11 is 0. The molecule has 1 N–H and O–H groups in total. The first-order valence-electron chi connectivity index (χ1n) is 9.48. The molecule has 156 valence electrons. The summed E-state index contributed by atoms with van der Waals surface area (Å²) in [6.07, 6.45) is -0.820. The molecule has 2 heterocycles. The summed E-state index contributed by atoms with van der Waals surface area (Å²) in [6.45, 7) is 3.25. The van der Waals surface area contributed by atoms with Gasteiger partial charge in [0.15, 0.2) is 5.82 Å². The zero-order valence-electron chi connectivity index (χ0n) is 16.4. The van der Waals surface area contributed by atoms with Crippen LogP contribution in [0.15, 0.2) is 42.6 Å². The molecule has 1 fully saturated rings. The van der Waals surface area contributed by atoms with E-state index in [1.807, 2.05) is 24.1 Å². The number of nitrogens with one attached hydrogen (secondary N) is 1. The lowest BCUT2D eigenvalue weighted by atomic mass is 10.1. The van der Waals surface area contributed by atoms with Crippen LogP contribution in [0.4, 0.5) is 24.7 Å². The summed E-state index contributed by atoms with van der Waals surface area (Å²) in [7, 11) is 1.84. The van der Waals surface area contributed by atoms with Crippen molar-refractivity contribution in [3.8, 4) is 0 Å². The molecule has 0 aliphatic carbocycles. The van der Waals surface area contributed by atoms with E-state index in [4.69, 9.17) is 0 Å². The Morgan fingerprint density at radius 1 is 1.34 bits per heavy atom. The average Bonchev–Trinajstić information content (AvgIpc) is 3.15. The Morgan fingerprint density at radius 2 is 2.14 bits per heavy atom. The lowest BCUT2D eigenvalue weighted by Crippen LogP contribution is -2.46. The molecule has 2 unspecified atom stereocenters. The molecule has 0 bridgehead atoms. The maximum atomic E-state index is 12.9. The van der Waals surface area contributed by atoms with E-state index in [9.17, 15) is 18.0 Å². The predicted molar refractivity (Wildman–Crippen MR) is 105 cm³/mol. The highest BCUT2D eigenvalue weighted by molar-refractivity contribution is 5.94. The Hall–Kier alpha value is -2.68. The van der Waals surface area contributed by atoms with Crippen LogP contribution < -0.4 is 10.2 Å². The van der Waals surface area contributed by atoms with Crippen molar-refractivity contribution < 1.29 is 18.0 Å². The molecule has 1 aromatic carbocycles. The van der Waals surface area contributed by atoms with Crippen molar-refractivity contribution in [1.82, 2.24) is 15.1 Å². The number of anilines is 2. The fourth-order valence-electron chi connectivity index (χ4n) is 3.48. The summed E-state index contributed by atoms with van der Waals surface area (Å²) in [5.41, 5.74) is -0.658. The minimum atomic E-state index is -4.45. The maximum Gasteiger partial charge on any atom is 0.416 e. The lowest BCUT2D eigenvalue weighted by molar-refractivity contribution is -0.137. The largest absolute Gasteiger partial charge is 0.416 e. The predicted octanol–water partition coefficient (Wildman–Crippen LogP) is 3.42. The molecule has 2 atom stereocenters. The molecule has 0 radical (unpaired) electrons. The highest BCUT2D eigenvalue weighted by atomic mass is 19.4. The summed E-state index contributed by atoms with van der Waals surface area (Å²) in [5.74, 6) is 0.459. The van der Waals surface area contributed by atoms with Crippen LogP contribution >= 0.6 is 0 Å². The highest BCUT2D eigenvalue weighted by Gasteiger charge is 2.31. The molecular weight excluding hydrogens is 383 g/mol. The van der Waals surface area contributed by atoms with Crippen molar-refractivity contribution in [3.05, 3.63) is 48.2 Å². The highest BCUT2D eigenvalue weighted by Crippen LogP contribution is 2.30. The Bertz CT molecular complexity index is 830. The number of likely N-dealkylation sites (N-methyl/N-ethyl adjacent to an activating group) is 1. The number of carbonyl (C=O) groups is 1. The molecular formula is C20H24F3N5O. The van der Waals surface area contributed by atoms with E-state index in [1.54, 1.807) is 13.1 Å². The van der Waals surface area contributed by atoms with Gasteiger partial charge in [0.2, 0.25) is 5.91 Å². The second-order valence-corrected chi connectivity index (χ2v) is 7.25. The Labute approximate surface area is 167 Å². The third-order valence-electron chi connectivity index (χ3n) is 5.23. The van der Waals surface area contributed by atoms with E-state index >= 15 is 0 Å². The van der Waals surface area contributed by atoms with Crippen LogP contribution in [0.3, 0.4) is 0 Å². The van der Waals surface area contributed by atoms with Gasteiger partial charge in [-0.1, -0.05) is 6.07 Å². The van der Waals surface area contributed by atoms with Crippen molar-refractivity contribution in [2.24, 2.45) is 0 Å². The number of benzene rings is 1. The number of rotatable bonds is 6. The molecule has 1 aliphatic rings. The molecule has 1 aliphatic heterocycles. The third kappa shape index (κ3) is 5.23. The van der Waals surface area contributed by atoms with E-state index in [1.165, 1.54) is 12.1 Å². The van der Waals surface area contributed by atoms with Crippen LogP contribution in [0.1, 0.15) is 25.3 Å². The van der Waals surface area contributed by atoms with Crippen molar-refractivity contribution in [1.29, 1.82) is 0 Å². The number of aromatic nitrogens is 2. The van der Waals surface area contributed by atoms with E-state index < -0.39 is 17.8 Å². The molecule has 29 heavy (non-hydrogen) atoms. The van der Waals surface area contributed by atoms with Crippen molar-refractivity contribution in [2.75, 3.05) is 30.4 Å². The number of hydrogen-bond acceptors (Lipinski definition) is 5. The van der Waals surface area contributed by atoms with E-state index in [0.29, 0.717) is 6.54 Å². The molecule has 3 rings (SSSR count). The van der Waals surface area contributed by atoms with Gasteiger partial charge < -0.3 is 10.2 Å². The Morgan fingerprint density at radius 3 is 2.83 bits per heavy atom. The van der Waals surface area contributed by atoms with Gasteiger partial charge >= 0.3 is 6.18 Å². The summed E-state index contributed by atoms with van der Waals surface area (Å²) in [6, 6.07) is 8.09. The quantitative estimate of drug-likeness (QED) is 0.795. The summed E-state index contributed by atoms with van der Waals surface area (Å²) in [4.78, 5) is 16.7. The van der Waals surface area contributed by atoms with Crippen LogP contribution in [0.25, 0.3) is 0 Å². The lowest BCUT2D eigenvalue weighted by Gasteiger charge is -2.31. The SMILES string of the molecule is CC(C(=O)Nc1cccc(C(F)(F)F)c1)N(C)CC1CCCN1c1cccnn1. The molecule has 1 amide bonds. The molecule has 0 saturated carbocycles. The van der Waals surface area contributed by atoms with Gasteiger partial charge in [0.05, 0.1) is 11.6 Å². The van der Waals surface area contributed by atoms with Gasteiger partial charge in [0.1, 0.15) is 0 Å². The van der Waals surface area contributed by atoms with E-state index in [2.05, 4.69) is 20.4 Å². The van der Waals surface area contributed by atoms with Gasteiger partial charge in [-0.2, -0.15) is 18.3 Å². The van der Waals surface area contributed by atoms with Gasteiger partial charge in [-0.15, -0.1) is 5.10 Å². The molecule has 9 heteroatoms. The van der Waals surface area contributed by atoms with Gasteiger partial charge in [-0.05, 0) is 57.1 Å².